The Morgan fingerprint density at radius 2 is 1.56 bits per heavy atom. The Hall–Kier alpha value is -1.90. The van der Waals surface area contributed by atoms with Crippen LogP contribution >= 0.6 is 0 Å². The van der Waals surface area contributed by atoms with Gasteiger partial charge in [0.25, 0.3) is 0 Å². The van der Waals surface area contributed by atoms with E-state index in [1.165, 1.54) is 12.1 Å². The Morgan fingerprint density at radius 3 is 2.17 bits per heavy atom. The molecule has 2 aromatic carbocycles. The fourth-order valence-electron chi connectivity index (χ4n) is 1.57. The molecule has 2 rings (SSSR count). The van der Waals surface area contributed by atoms with Crippen molar-refractivity contribution < 1.29 is 13.5 Å². The van der Waals surface area contributed by atoms with Crippen molar-refractivity contribution in [3.63, 3.8) is 0 Å². The van der Waals surface area contributed by atoms with E-state index in [0.29, 0.717) is 5.75 Å². The third kappa shape index (κ3) is 3.06. The molecule has 0 fully saturated rings. The second-order valence-electron chi connectivity index (χ2n) is 4.17. The summed E-state index contributed by atoms with van der Waals surface area (Å²) in [6, 6.07) is 14.7. The van der Waals surface area contributed by atoms with Gasteiger partial charge in [0, 0.05) is 5.56 Å². The zero-order chi connectivity index (χ0) is 13.0. The highest BCUT2D eigenvalue weighted by molar-refractivity contribution is 5.27. The fourth-order valence-corrected chi connectivity index (χ4v) is 1.57. The average Bonchev–Trinajstić information content (AvgIpc) is 2.39. The lowest BCUT2D eigenvalue weighted by molar-refractivity contribution is -0.0467. The van der Waals surface area contributed by atoms with Gasteiger partial charge < -0.3 is 4.74 Å². The second-order valence-corrected chi connectivity index (χ2v) is 4.17. The molecule has 0 atom stereocenters. The molecule has 94 valence electrons. The van der Waals surface area contributed by atoms with Crippen molar-refractivity contribution in [2.24, 2.45) is 0 Å². The van der Waals surface area contributed by atoms with E-state index in [0.717, 1.165) is 5.56 Å². The van der Waals surface area contributed by atoms with Crippen LogP contribution in [0.4, 0.5) is 8.78 Å². The van der Waals surface area contributed by atoms with Gasteiger partial charge in [0.2, 0.25) is 0 Å². The Balaban J connectivity index is 2.03. The van der Waals surface area contributed by atoms with Crippen LogP contribution in [0.5, 0.6) is 5.75 Å². The second kappa shape index (κ2) is 5.17. The molecule has 0 aromatic heterocycles. The van der Waals surface area contributed by atoms with E-state index in [9.17, 15) is 8.78 Å². The molecule has 0 N–H and O–H groups in total. The number of halogens is 2. The first kappa shape index (κ1) is 12.6. The van der Waals surface area contributed by atoms with Gasteiger partial charge in [-0.15, -0.1) is 0 Å². The number of aryl methyl sites for hydroxylation is 1. The normalized spacial score (nSPS) is 11.3. The maximum absolute atomic E-state index is 13.8. The molecular formula is C15H14F2O. The van der Waals surface area contributed by atoms with Gasteiger partial charge in [-0.25, -0.2) is 0 Å². The highest BCUT2D eigenvalue weighted by Gasteiger charge is 2.32. The first-order valence-corrected chi connectivity index (χ1v) is 5.71. The molecule has 0 heterocycles. The molecule has 0 saturated heterocycles. The summed E-state index contributed by atoms with van der Waals surface area (Å²) in [5.74, 6) is -2.53. The van der Waals surface area contributed by atoms with Crippen molar-refractivity contribution in [1.82, 2.24) is 0 Å². The minimum absolute atomic E-state index is 0.0305. The predicted octanol–water partition coefficient (Wildman–Crippen LogP) is 4.17. The summed E-state index contributed by atoms with van der Waals surface area (Å²) in [6.07, 6.45) is 0. The first-order valence-electron chi connectivity index (χ1n) is 5.71. The molecule has 0 amide bonds. The smallest absolute Gasteiger partial charge is 0.306 e. The van der Waals surface area contributed by atoms with Crippen molar-refractivity contribution in [2.45, 2.75) is 12.8 Å². The Morgan fingerprint density at radius 1 is 0.944 bits per heavy atom. The van der Waals surface area contributed by atoms with Gasteiger partial charge in [0.1, 0.15) is 5.75 Å². The van der Waals surface area contributed by atoms with Crippen LogP contribution in [-0.2, 0) is 5.92 Å². The van der Waals surface area contributed by atoms with E-state index in [2.05, 4.69) is 0 Å². The van der Waals surface area contributed by atoms with E-state index in [-0.39, 0.29) is 5.56 Å². The summed E-state index contributed by atoms with van der Waals surface area (Å²) in [4.78, 5) is 0. The number of ether oxygens (including phenoxy) is 1. The topological polar surface area (TPSA) is 9.23 Å². The van der Waals surface area contributed by atoms with Crippen molar-refractivity contribution in [2.75, 3.05) is 6.61 Å². The maximum Gasteiger partial charge on any atom is 0.306 e. The molecular weight excluding hydrogens is 234 g/mol. The van der Waals surface area contributed by atoms with Crippen LogP contribution in [0.2, 0.25) is 0 Å². The van der Waals surface area contributed by atoms with Gasteiger partial charge in [0.15, 0.2) is 6.61 Å². The summed E-state index contributed by atoms with van der Waals surface area (Å²) in [5, 5.41) is 0. The lowest BCUT2D eigenvalue weighted by Gasteiger charge is -2.17. The van der Waals surface area contributed by atoms with Crippen molar-refractivity contribution in [1.29, 1.82) is 0 Å². The Bertz CT molecular complexity index is 492. The van der Waals surface area contributed by atoms with Gasteiger partial charge in [-0.1, -0.05) is 48.0 Å². The van der Waals surface area contributed by atoms with Crippen molar-refractivity contribution >= 4 is 0 Å². The van der Waals surface area contributed by atoms with Crippen molar-refractivity contribution in [3.05, 3.63) is 65.7 Å². The minimum Gasteiger partial charge on any atom is -0.487 e. The van der Waals surface area contributed by atoms with Gasteiger partial charge in [0.05, 0.1) is 0 Å². The zero-order valence-corrected chi connectivity index (χ0v) is 10.1. The van der Waals surface area contributed by atoms with Crippen LogP contribution in [0.1, 0.15) is 11.1 Å². The van der Waals surface area contributed by atoms with Crippen LogP contribution in [0, 0.1) is 6.92 Å². The Kier molecular flexibility index (Phi) is 3.60. The molecule has 0 radical (unpaired) electrons. The van der Waals surface area contributed by atoms with E-state index in [4.69, 9.17) is 4.74 Å². The van der Waals surface area contributed by atoms with Crippen LogP contribution < -0.4 is 4.74 Å². The summed E-state index contributed by atoms with van der Waals surface area (Å²) in [7, 11) is 0. The van der Waals surface area contributed by atoms with Crippen molar-refractivity contribution in [3.8, 4) is 5.75 Å². The minimum atomic E-state index is -2.98. The molecule has 1 nitrogen and oxygen atoms in total. The highest BCUT2D eigenvalue weighted by Crippen LogP contribution is 2.28. The zero-order valence-electron chi connectivity index (χ0n) is 10.1. The number of benzene rings is 2. The SMILES string of the molecule is Cc1ccc(OCC(F)(F)c2ccccc2)cc1. The monoisotopic (exact) mass is 248 g/mol. The average molecular weight is 248 g/mol. The van der Waals surface area contributed by atoms with Crippen LogP contribution in [0.25, 0.3) is 0 Å². The maximum atomic E-state index is 13.8. The van der Waals surface area contributed by atoms with Gasteiger partial charge in [-0.2, -0.15) is 8.78 Å². The molecule has 0 unspecified atom stereocenters. The quantitative estimate of drug-likeness (QED) is 0.789. The van der Waals surface area contributed by atoms with E-state index in [1.807, 2.05) is 19.1 Å². The van der Waals surface area contributed by atoms with E-state index < -0.39 is 12.5 Å². The molecule has 0 aliphatic heterocycles. The molecule has 0 bridgehead atoms. The lowest BCUT2D eigenvalue weighted by atomic mass is 10.1. The highest BCUT2D eigenvalue weighted by atomic mass is 19.3. The molecule has 18 heavy (non-hydrogen) atoms. The van der Waals surface area contributed by atoms with Gasteiger partial charge in [-0.05, 0) is 19.1 Å². The lowest BCUT2D eigenvalue weighted by Crippen LogP contribution is -2.23. The number of hydrogen-bond donors (Lipinski definition) is 0. The number of rotatable bonds is 4. The third-order valence-corrected chi connectivity index (χ3v) is 2.64. The molecule has 0 saturated carbocycles. The molecule has 0 aliphatic carbocycles. The summed E-state index contributed by atoms with van der Waals surface area (Å²) in [6.45, 7) is 1.28. The largest absolute Gasteiger partial charge is 0.487 e. The summed E-state index contributed by atoms with van der Waals surface area (Å²) in [5.41, 5.74) is 1.04. The van der Waals surface area contributed by atoms with Gasteiger partial charge >= 0.3 is 5.92 Å². The summed E-state index contributed by atoms with van der Waals surface area (Å²) >= 11 is 0. The fraction of sp³-hybridized carbons (Fsp3) is 0.200. The van der Waals surface area contributed by atoms with Gasteiger partial charge in [-0.3, -0.25) is 0 Å². The number of hydrogen-bond acceptors (Lipinski definition) is 1. The predicted molar refractivity (Wildman–Crippen MR) is 67.0 cm³/mol. The van der Waals surface area contributed by atoms with Crippen LogP contribution in [0.3, 0.4) is 0 Å². The molecule has 0 spiro atoms. The standard InChI is InChI=1S/C15H14F2O/c1-12-7-9-14(10-8-12)18-11-15(16,17)13-5-3-2-4-6-13/h2-10H,11H2,1H3. The molecule has 3 heteroatoms. The van der Waals surface area contributed by atoms with Crippen LogP contribution in [0.15, 0.2) is 54.6 Å². The summed E-state index contributed by atoms with van der Waals surface area (Å²) < 4.78 is 32.7. The molecule has 2 aromatic rings. The Labute approximate surface area is 105 Å². The van der Waals surface area contributed by atoms with E-state index >= 15 is 0 Å². The third-order valence-electron chi connectivity index (χ3n) is 2.64. The first-order chi connectivity index (χ1) is 8.58. The molecule has 0 aliphatic rings. The van der Waals surface area contributed by atoms with E-state index in [1.54, 1.807) is 30.3 Å². The number of alkyl halides is 2. The van der Waals surface area contributed by atoms with Crippen LogP contribution in [-0.4, -0.2) is 6.61 Å².